The molecule has 0 spiro atoms. The Hall–Kier alpha value is -4.00. The van der Waals surface area contributed by atoms with Crippen LogP contribution in [0.15, 0.2) is 72.7 Å². The largest absolute Gasteiger partial charge is 0.507 e. The first-order valence-electron chi connectivity index (χ1n) is 10.3. The number of amides is 1. The Labute approximate surface area is 186 Å². The Kier molecular flexibility index (Phi) is 5.98. The van der Waals surface area contributed by atoms with Crippen molar-refractivity contribution in [2.24, 2.45) is 0 Å². The number of rotatable bonds is 6. The van der Waals surface area contributed by atoms with Crippen molar-refractivity contribution in [2.45, 2.75) is 26.4 Å². The van der Waals surface area contributed by atoms with Gasteiger partial charge < -0.3 is 14.7 Å². The number of aliphatic hydroxyl groups excluding tert-OH is 1. The summed E-state index contributed by atoms with van der Waals surface area (Å²) in [5.41, 5.74) is 2.60. The zero-order valence-corrected chi connectivity index (χ0v) is 17.9. The van der Waals surface area contributed by atoms with Crippen LogP contribution in [0.3, 0.4) is 0 Å². The molecule has 3 aromatic rings. The molecule has 1 amide bonds. The Morgan fingerprint density at radius 3 is 2.53 bits per heavy atom. The minimum Gasteiger partial charge on any atom is -0.507 e. The van der Waals surface area contributed by atoms with Crippen LogP contribution >= 0.6 is 0 Å². The number of hydrogen-bond donors (Lipinski definition) is 1. The molecule has 1 aliphatic heterocycles. The topological polar surface area (TPSA) is 92.6 Å². The van der Waals surface area contributed by atoms with E-state index in [2.05, 4.69) is 9.97 Å². The van der Waals surface area contributed by atoms with E-state index in [4.69, 9.17) is 4.74 Å². The molecule has 1 fully saturated rings. The minimum absolute atomic E-state index is 0.0197. The third-order valence-corrected chi connectivity index (χ3v) is 5.36. The Morgan fingerprint density at radius 2 is 1.88 bits per heavy atom. The first-order chi connectivity index (χ1) is 15.5. The molecular formula is C25H23N3O4. The van der Waals surface area contributed by atoms with E-state index in [1.807, 2.05) is 13.8 Å². The minimum atomic E-state index is -0.809. The molecule has 7 heteroatoms. The second-order valence-electron chi connectivity index (χ2n) is 7.45. The van der Waals surface area contributed by atoms with Gasteiger partial charge in [0, 0.05) is 30.7 Å². The number of nitrogens with zero attached hydrogens (tertiary/aromatic N) is 3. The molecule has 1 N–H and O–H groups in total. The summed E-state index contributed by atoms with van der Waals surface area (Å²) >= 11 is 0. The Bertz CT molecular complexity index is 1180. The predicted octanol–water partition coefficient (Wildman–Crippen LogP) is 3.81. The van der Waals surface area contributed by atoms with Crippen molar-refractivity contribution in [3.8, 4) is 5.75 Å². The molecule has 1 atom stereocenters. The summed E-state index contributed by atoms with van der Waals surface area (Å²) in [5.74, 6) is -0.953. The zero-order chi connectivity index (χ0) is 22.7. The lowest BCUT2D eigenvalue weighted by Crippen LogP contribution is -2.29. The lowest BCUT2D eigenvalue weighted by molar-refractivity contribution is -0.140. The van der Waals surface area contributed by atoms with E-state index in [0.717, 1.165) is 11.1 Å². The summed E-state index contributed by atoms with van der Waals surface area (Å²) in [6, 6.07) is 13.2. The average Bonchev–Trinajstić information content (AvgIpc) is 3.06. The van der Waals surface area contributed by atoms with Gasteiger partial charge in [-0.05, 0) is 67.4 Å². The third-order valence-electron chi connectivity index (χ3n) is 5.36. The third kappa shape index (κ3) is 3.97. The molecule has 162 valence electrons. The van der Waals surface area contributed by atoms with Crippen LogP contribution in [0.4, 0.5) is 0 Å². The van der Waals surface area contributed by atoms with Crippen LogP contribution in [-0.2, 0) is 16.1 Å². The highest BCUT2D eigenvalue weighted by molar-refractivity contribution is 6.46. The number of carbonyl (C=O) groups excluding carboxylic acids is 2. The van der Waals surface area contributed by atoms with Crippen molar-refractivity contribution in [3.05, 3.63) is 95.1 Å². The molecule has 1 unspecified atom stereocenters. The molecule has 2 aromatic heterocycles. The number of aliphatic hydroxyl groups is 1. The summed E-state index contributed by atoms with van der Waals surface area (Å²) < 4.78 is 5.57. The van der Waals surface area contributed by atoms with E-state index in [0.29, 0.717) is 23.6 Å². The van der Waals surface area contributed by atoms with Crippen molar-refractivity contribution in [1.29, 1.82) is 0 Å². The van der Waals surface area contributed by atoms with Crippen molar-refractivity contribution < 1.29 is 19.4 Å². The van der Waals surface area contributed by atoms with Crippen LogP contribution < -0.4 is 4.74 Å². The van der Waals surface area contributed by atoms with Crippen LogP contribution in [0, 0.1) is 6.92 Å². The number of carbonyl (C=O) groups is 2. The number of ketones is 1. The van der Waals surface area contributed by atoms with E-state index in [-0.39, 0.29) is 17.9 Å². The van der Waals surface area contributed by atoms with E-state index >= 15 is 0 Å². The number of ether oxygens (including phenoxy) is 1. The smallest absolute Gasteiger partial charge is 0.296 e. The highest BCUT2D eigenvalue weighted by Crippen LogP contribution is 2.39. The second-order valence-corrected chi connectivity index (χ2v) is 7.45. The van der Waals surface area contributed by atoms with Gasteiger partial charge in [0.05, 0.1) is 17.9 Å². The summed E-state index contributed by atoms with van der Waals surface area (Å²) in [5, 5.41) is 11.2. The molecule has 1 aliphatic rings. The SMILES string of the molecule is CCOc1ccc(/C(O)=C2/C(=O)C(=O)N(Cc3ccncc3)C2c2ccccn2)cc1C. The molecule has 7 nitrogen and oxygen atoms in total. The maximum Gasteiger partial charge on any atom is 0.296 e. The summed E-state index contributed by atoms with van der Waals surface area (Å²) in [6.45, 7) is 4.46. The van der Waals surface area contributed by atoms with Crippen LogP contribution in [0.5, 0.6) is 5.75 Å². The van der Waals surface area contributed by atoms with Crippen molar-refractivity contribution in [3.63, 3.8) is 0 Å². The number of likely N-dealkylation sites (tertiary alicyclic amines) is 1. The number of benzene rings is 1. The van der Waals surface area contributed by atoms with Crippen LogP contribution in [0.1, 0.15) is 35.3 Å². The van der Waals surface area contributed by atoms with Crippen LogP contribution in [0.25, 0.3) is 5.76 Å². The molecule has 3 heterocycles. The molecule has 0 saturated carbocycles. The predicted molar refractivity (Wildman–Crippen MR) is 119 cm³/mol. The normalized spacial score (nSPS) is 17.6. The van der Waals surface area contributed by atoms with Gasteiger partial charge in [-0.1, -0.05) is 6.07 Å². The van der Waals surface area contributed by atoms with Gasteiger partial charge in [0.25, 0.3) is 11.7 Å². The Morgan fingerprint density at radius 1 is 1.09 bits per heavy atom. The highest BCUT2D eigenvalue weighted by atomic mass is 16.5. The molecule has 32 heavy (non-hydrogen) atoms. The fourth-order valence-corrected chi connectivity index (χ4v) is 3.84. The van der Waals surface area contributed by atoms with Gasteiger partial charge >= 0.3 is 0 Å². The first-order valence-corrected chi connectivity index (χ1v) is 10.3. The maximum absolute atomic E-state index is 13.1. The molecule has 0 aliphatic carbocycles. The highest BCUT2D eigenvalue weighted by Gasteiger charge is 2.46. The molecule has 0 bridgehead atoms. The Balaban J connectivity index is 1.83. The number of aromatic nitrogens is 2. The van der Waals surface area contributed by atoms with Crippen molar-refractivity contribution in [2.75, 3.05) is 6.61 Å². The van der Waals surface area contributed by atoms with Gasteiger partial charge in [-0.25, -0.2) is 0 Å². The average molecular weight is 429 g/mol. The molecular weight excluding hydrogens is 406 g/mol. The lowest BCUT2D eigenvalue weighted by atomic mass is 9.97. The fraction of sp³-hybridized carbons (Fsp3) is 0.200. The quantitative estimate of drug-likeness (QED) is 0.364. The van der Waals surface area contributed by atoms with Gasteiger partial charge in [0.2, 0.25) is 0 Å². The van der Waals surface area contributed by atoms with E-state index in [1.165, 1.54) is 4.90 Å². The van der Waals surface area contributed by atoms with Crippen LogP contribution in [-0.4, -0.2) is 38.3 Å². The van der Waals surface area contributed by atoms with E-state index < -0.39 is 17.7 Å². The molecule has 0 radical (unpaired) electrons. The number of Topliss-reactive ketones (excluding diaryl/α,β-unsaturated/α-hetero) is 1. The second kappa shape index (κ2) is 9.01. The fourth-order valence-electron chi connectivity index (χ4n) is 3.84. The number of pyridine rings is 2. The molecule has 4 rings (SSSR count). The monoisotopic (exact) mass is 429 g/mol. The van der Waals surface area contributed by atoms with Gasteiger partial charge in [-0.2, -0.15) is 0 Å². The lowest BCUT2D eigenvalue weighted by Gasteiger charge is -2.24. The standard InChI is InChI=1S/C25H23N3O4/c1-3-32-20-8-7-18(14-16(20)2)23(29)21-22(19-6-4-5-11-27-19)28(25(31)24(21)30)15-17-9-12-26-13-10-17/h4-14,22,29H,3,15H2,1-2H3/b23-21-. The molecule has 1 saturated heterocycles. The molecule has 1 aromatic carbocycles. The van der Waals surface area contributed by atoms with Gasteiger partial charge in [0.1, 0.15) is 17.6 Å². The summed E-state index contributed by atoms with van der Waals surface area (Å²) in [7, 11) is 0. The zero-order valence-electron chi connectivity index (χ0n) is 17.9. The maximum atomic E-state index is 13.1. The van der Waals surface area contributed by atoms with Gasteiger partial charge in [-0.3, -0.25) is 19.6 Å². The van der Waals surface area contributed by atoms with Crippen molar-refractivity contribution >= 4 is 17.4 Å². The van der Waals surface area contributed by atoms with Gasteiger partial charge in [-0.15, -0.1) is 0 Å². The van der Waals surface area contributed by atoms with Crippen LogP contribution in [0.2, 0.25) is 0 Å². The summed E-state index contributed by atoms with van der Waals surface area (Å²) in [4.78, 5) is 35.9. The summed E-state index contributed by atoms with van der Waals surface area (Å²) in [6.07, 6.45) is 4.86. The number of hydrogen-bond acceptors (Lipinski definition) is 6. The van der Waals surface area contributed by atoms with Crippen molar-refractivity contribution in [1.82, 2.24) is 14.9 Å². The first kappa shape index (κ1) is 21.2. The number of aryl methyl sites for hydroxylation is 1. The van der Waals surface area contributed by atoms with E-state index in [9.17, 15) is 14.7 Å². The van der Waals surface area contributed by atoms with Gasteiger partial charge in [0.15, 0.2) is 0 Å². The van der Waals surface area contributed by atoms with E-state index in [1.54, 1.807) is 67.1 Å².